The maximum absolute atomic E-state index is 11.0. The summed E-state index contributed by atoms with van der Waals surface area (Å²) >= 11 is 0. The lowest BCUT2D eigenvalue weighted by atomic mass is 9.95. The Labute approximate surface area is 110 Å². The number of ketones is 1. The zero-order chi connectivity index (χ0) is 14.2. The Kier molecular flexibility index (Phi) is 7.83. The van der Waals surface area contributed by atoms with Crippen LogP contribution < -0.4 is 5.32 Å². The van der Waals surface area contributed by atoms with Crippen molar-refractivity contribution in [1.29, 1.82) is 0 Å². The van der Waals surface area contributed by atoms with Crippen molar-refractivity contribution in [2.24, 2.45) is 5.92 Å². The topological polar surface area (TPSA) is 55.4 Å². The van der Waals surface area contributed by atoms with Crippen molar-refractivity contribution >= 4 is 12.3 Å². The molecule has 1 aliphatic heterocycles. The van der Waals surface area contributed by atoms with Gasteiger partial charge < -0.3 is 10.1 Å². The Hall–Kier alpha value is -0.900. The van der Waals surface area contributed by atoms with Crippen LogP contribution in [0.15, 0.2) is 0 Å². The normalized spacial score (nSPS) is 20.1. The molecule has 106 valence electrons. The van der Waals surface area contributed by atoms with E-state index in [-0.39, 0.29) is 5.60 Å². The second-order valence-electron chi connectivity index (χ2n) is 6.10. The summed E-state index contributed by atoms with van der Waals surface area (Å²) in [6.07, 6.45) is 2.61. The largest absolute Gasteiger partial charge is 0.462 e. The molecule has 1 fully saturated rings. The van der Waals surface area contributed by atoms with E-state index in [1.807, 2.05) is 20.8 Å². The van der Waals surface area contributed by atoms with Crippen molar-refractivity contribution in [3.63, 3.8) is 0 Å². The molecule has 1 saturated heterocycles. The minimum atomic E-state index is -0.318. The summed E-state index contributed by atoms with van der Waals surface area (Å²) in [5.41, 5.74) is -0.318. The minimum Gasteiger partial charge on any atom is -0.462 e. The van der Waals surface area contributed by atoms with Crippen LogP contribution in [0.2, 0.25) is 0 Å². The zero-order valence-electron chi connectivity index (χ0n) is 12.3. The van der Waals surface area contributed by atoms with Crippen LogP contribution in [-0.2, 0) is 14.3 Å². The van der Waals surface area contributed by atoms with Crippen molar-refractivity contribution < 1.29 is 14.3 Å². The fraction of sp³-hybridized carbons (Fsp3) is 0.857. The van der Waals surface area contributed by atoms with Crippen LogP contribution >= 0.6 is 0 Å². The number of carbonyl (C=O) groups excluding carboxylic acids is 2. The standard InChI is InChI=1S/C9H17NO.C5H10O2/c1-7(2)5-8-6-9(11)3-4-10-8;1-5(2,3)7-4-6/h7-8,10H,3-6H2,1-2H3;4H,1-3H3. The predicted octanol–water partition coefficient (Wildman–Crippen LogP) is 2.31. The summed E-state index contributed by atoms with van der Waals surface area (Å²) in [6, 6.07) is 0.455. The number of ether oxygens (including phenoxy) is 1. The van der Waals surface area contributed by atoms with Gasteiger partial charge in [0.05, 0.1) is 0 Å². The highest BCUT2D eigenvalue weighted by atomic mass is 16.5. The van der Waals surface area contributed by atoms with Gasteiger partial charge in [0.15, 0.2) is 0 Å². The Morgan fingerprint density at radius 1 is 1.44 bits per heavy atom. The van der Waals surface area contributed by atoms with Crippen molar-refractivity contribution in [2.75, 3.05) is 6.54 Å². The molecule has 1 heterocycles. The third-order valence-corrected chi connectivity index (χ3v) is 2.47. The number of hydrogen-bond donors (Lipinski definition) is 1. The second-order valence-corrected chi connectivity index (χ2v) is 6.10. The van der Waals surface area contributed by atoms with Crippen LogP contribution in [0.4, 0.5) is 0 Å². The van der Waals surface area contributed by atoms with Gasteiger partial charge in [0.25, 0.3) is 6.47 Å². The Balaban J connectivity index is 0.000000360. The lowest BCUT2D eigenvalue weighted by Gasteiger charge is -2.23. The third-order valence-electron chi connectivity index (χ3n) is 2.47. The number of hydrogen-bond acceptors (Lipinski definition) is 4. The summed E-state index contributed by atoms with van der Waals surface area (Å²) < 4.78 is 4.55. The summed E-state index contributed by atoms with van der Waals surface area (Å²) in [4.78, 5) is 20.6. The molecule has 1 aliphatic rings. The monoisotopic (exact) mass is 257 g/mol. The second kappa shape index (κ2) is 8.25. The molecular formula is C14H27NO3. The quantitative estimate of drug-likeness (QED) is 0.788. The summed E-state index contributed by atoms with van der Waals surface area (Å²) in [5, 5.41) is 3.36. The van der Waals surface area contributed by atoms with Gasteiger partial charge in [-0.15, -0.1) is 0 Å². The number of Topliss-reactive ketones (excluding diaryl/α,β-unsaturated/α-hetero) is 1. The van der Waals surface area contributed by atoms with Crippen LogP contribution in [0.5, 0.6) is 0 Å². The van der Waals surface area contributed by atoms with Gasteiger partial charge in [-0.2, -0.15) is 0 Å². The van der Waals surface area contributed by atoms with Crippen molar-refractivity contribution in [1.82, 2.24) is 5.32 Å². The molecule has 0 bridgehead atoms. The van der Waals surface area contributed by atoms with Gasteiger partial charge >= 0.3 is 0 Å². The summed E-state index contributed by atoms with van der Waals surface area (Å²) in [6.45, 7) is 11.2. The highest BCUT2D eigenvalue weighted by Crippen LogP contribution is 2.12. The molecule has 0 radical (unpaired) electrons. The molecule has 0 aromatic rings. The van der Waals surface area contributed by atoms with Gasteiger partial charge in [0.2, 0.25) is 0 Å². The van der Waals surface area contributed by atoms with Gasteiger partial charge in [0, 0.05) is 25.4 Å². The number of nitrogens with one attached hydrogen (secondary N) is 1. The molecule has 1 atom stereocenters. The van der Waals surface area contributed by atoms with E-state index in [9.17, 15) is 9.59 Å². The molecule has 0 saturated carbocycles. The zero-order valence-corrected chi connectivity index (χ0v) is 12.3. The van der Waals surface area contributed by atoms with Crippen LogP contribution in [0.25, 0.3) is 0 Å². The van der Waals surface area contributed by atoms with E-state index < -0.39 is 0 Å². The fourth-order valence-electron chi connectivity index (χ4n) is 1.74. The van der Waals surface area contributed by atoms with Crippen molar-refractivity contribution in [3.05, 3.63) is 0 Å². The fourth-order valence-corrected chi connectivity index (χ4v) is 1.74. The third kappa shape index (κ3) is 10.3. The van der Waals surface area contributed by atoms with Crippen molar-refractivity contribution in [3.8, 4) is 0 Å². The first kappa shape index (κ1) is 17.1. The molecule has 1 N–H and O–H groups in total. The highest BCUT2D eigenvalue weighted by Gasteiger charge is 2.18. The van der Waals surface area contributed by atoms with Crippen LogP contribution in [0.3, 0.4) is 0 Å². The maximum atomic E-state index is 11.0. The highest BCUT2D eigenvalue weighted by molar-refractivity contribution is 5.79. The molecule has 1 unspecified atom stereocenters. The molecule has 0 spiro atoms. The molecule has 0 aliphatic carbocycles. The summed E-state index contributed by atoms with van der Waals surface area (Å²) in [5.74, 6) is 1.12. The first-order chi connectivity index (χ1) is 8.24. The molecule has 18 heavy (non-hydrogen) atoms. The van der Waals surface area contributed by atoms with E-state index in [0.29, 0.717) is 24.2 Å². The van der Waals surface area contributed by atoms with Crippen molar-refractivity contribution in [2.45, 2.75) is 65.5 Å². The van der Waals surface area contributed by atoms with E-state index in [0.717, 1.165) is 25.8 Å². The van der Waals surface area contributed by atoms with Gasteiger partial charge in [-0.1, -0.05) is 13.8 Å². The first-order valence-corrected chi connectivity index (χ1v) is 6.61. The average Bonchev–Trinajstić information content (AvgIpc) is 2.15. The molecule has 0 amide bonds. The first-order valence-electron chi connectivity index (χ1n) is 6.61. The van der Waals surface area contributed by atoms with Crippen LogP contribution in [0.1, 0.15) is 53.9 Å². The van der Waals surface area contributed by atoms with Crippen LogP contribution in [-0.4, -0.2) is 30.4 Å². The van der Waals surface area contributed by atoms with E-state index in [1.165, 1.54) is 0 Å². The van der Waals surface area contributed by atoms with Gasteiger partial charge in [-0.3, -0.25) is 9.59 Å². The SMILES string of the molecule is CC(C)(C)OC=O.CC(C)CC1CC(=O)CCN1. The van der Waals surface area contributed by atoms with E-state index in [2.05, 4.69) is 23.9 Å². The van der Waals surface area contributed by atoms with Gasteiger partial charge in [-0.25, -0.2) is 0 Å². The molecule has 0 aromatic carbocycles. The Morgan fingerprint density at radius 3 is 2.39 bits per heavy atom. The maximum Gasteiger partial charge on any atom is 0.293 e. The van der Waals surface area contributed by atoms with E-state index >= 15 is 0 Å². The smallest absolute Gasteiger partial charge is 0.293 e. The lowest BCUT2D eigenvalue weighted by Crippen LogP contribution is -2.38. The Morgan fingerprint density at radius 2 is 2.06 bits per heavy atom. The molecule has 4 heteroatoms. The van der Waals surface area contributed by atoms with E-state index in [1.54, 1.807) is 0 Å². The number of piperidine rings is 1. The molecular weight excluding hydrogens is 230 g/mol. The average molecular weight is 257 g/mol. The molecule has 1 rings (SSSR count). The van der Waals surface area contributed by atoms with E-state index in [4.69, 9.17) is 0 Å². The Bertz CT molecular complexity index is 256. The summed E-state index contributed by atoms with van der Waals surface area (Å²) in [7, 11) is 0. The number of carbonyl (C=O) groups is 2. The predicted molar refractivity (Wildman–Crippen MR) is 72.4 cm³/mol. The van der Waals surface area contributed by atoms with Crippen LogP contribution in [0, 0.1) is 5.92 Å². The number of rotatable bonds is 3. The molecule has 4 nitrogen and oxygen atoms in total. The molecule has 0 aromatic heterocycles. The van der Waals surface area contributed by atoms with Gasteiger partial charge in [0.1, 0.15) is 11.4 Å². The lowest BCUT2D eigenvalue weighted by molar-refractivity contribution is -0.138. The minimum absolute atomic E-state index is 0.318. The van der Waals surface area contributed by atoms with Gasteiger partial charge in [-0.05, 0) is 33.1 Å².